The number of aromatic nitrogens is 3. The zero-order chi connectivity index (χ0) is 16.2. The zero-order valence-electron chi connectivity index (χ0n) is 12.9. The van der Waals surface area contributed by atoms with Crippen LogP contribution in [-0.2, 0) is 6.61 Å². The number of aliphatic hydroxyl groups is 1. The molecule has 0 amide bonds. The van der Waals surface area contributed by atoms with Crippen molar-refractivity contribution in [2.75, 3.05) is 6.61 Å². The molecule has 0 aliphatic carbocycles. The van der Waals surface area contributed by atoms with E-state index >= 15 is 0 Å². The number of aliphatic hydroxyl groups excluding tert-OH is 1. The fraction of sp³-hybridized carbons (Fsp3) is 0.294. The van der Waals surface area contributed by atoms with Crippen LogP contribution in [0.5, 0.6) is 5.75 Å². The van der Waals surface area contributed by atoms with Gasteiger partial charge in [0.05, 0.1) is 18.7 Å². The highest BCUT2D eigenvalue weighted by Crippen LogP contribution is 2.33. The van der Waals surface area contributed by atoms with Crippen molar-refractivity contribution >= 4 is 17.1 Å². The van der Waals surface area contributed by atoms with Crippen molar-refractivity contribution in [1.29, 1.82) is 0 Å². The van der Waals surface area contributed by atoms with Gasteiger partial charge in [-0.2, -0.15) is 5.10 Å². The van der Waals surface area contributed by atoms with Gasteiger partial charge in [0, 0.05) is 11.8 Å². The molecule has 0 atom stereocenters. The van der Waals surface area contributed by atoms with Crippen molar-refractivity contribution in [3.63, 3.8) is 0 Å². The SMILES string of the molecule is CCCCOc1ccc(Cl)nc1-c1nn2ccccc2c1CO. The minimum atomic E-state index is -0.133. The molecule has 0 saturated carbocycles. The van der Waals surface area contributed by atoms with Gasteiger partial charge >= 0.3 is 0 Å². The molecular formula is C17H18ClN3O2. The highest BCUT2D eigenvalue weighted by atomic mass is 35.5. The summed E-state index contributed by atoms with van der Waals surface area (Å²) in [5, 5.41) is 14.7. The van der Waals surface area contributed by atoms with Gasteiger partial charge in [-0.15, -0.1) is 0 Å². The average Bonchev–Trinajstić information content (AvgIpc) is 2.94. The molecule has 6 heteroatoms. The molecule has 0 saturated heterocycles. The highest BCUT2D eigenvalue weighted by Gasteiger charge is 2.19. The van der Waals surface area contributed by atoms with Crippen LogP contribution in [0.15, 0.2) is 36.5 Å². The predicted molar refractivity (Wildman–Crippen MR) is 89.8 cm³/mol. The summed E-state index contributed by atoms with van der Waals surface area (Å²) < 4.78 is 7.55. The van der Waals surface area contributed by atoms with Gasteiger partial charge in [-0.25, -0.2) is 9.50 Å². The minimum absolute atomic E-state index is 0.133. The molecule has 0 aliphatic rings. The first-order valence-corrected chi connectivity index (χ1v) is 7.99. The summed E-state index contributed by atoms with van der Waals surface area (Å²) in [7, 11) is 0. The number of hydrogen-bond donors (Lipinski definition) is 1. The van der Waals surface area contributed by atoms with Crippen molar-refractivity contribution in [3.8, 4) is 17.1 Å². The first kappa shape index (κ1) is 15.8. The average molecular weight is 332 g/mol. The predicted octanol–water partition coefficient (Wildman–Crippen LogP) is 3.72. The molecule has 0 aliphatic heterocycles. The molecule has 3 aromatic rings. The largest absolute Gasteiger partial charge is 0.491 e. The lowest BCUT2D eigenvalue weighted by molar-refractivity contribution is 0.283. The molecule has 3 aromatic heterocycles. The molecule has 0 aromatic carbocycles. The van der Waals surface area contributed by atoms with Crippen LogP contribution in [-0.4, -0.2) is 26.3 Å². The Balaban J connectivity index is 2.12. The lowest BCUT2D eigenvalue weighted by Crippen LogP contribution is -2.01. The fourth-order valence-electron chi connectivity index (χ4n) is 2.43. The van der Waals surface area contributed by atoms with Crippen molar-refractivity contribution < 1.29 is 9.84 Å². The van der Waals surface area contributed by atoms with Crippen molar-refractivity contribution in [2.24, 2.45) is 0 Å². The monoisotopic (exact) mass is 331 g/mol. The number of fused-ring (bicyclic) bond motifs is 1. The van der Waals surface area contributed by atoms with Crippen molar-refractivity contribution in [1.82, 2.24) is 14.6 Å². The third-order valence-corrected chi connectivity index (χ3v) is 3.81. The summed E-state index contributed by atoms with van der Waals surface area (Å²) in [6.07, 6.45) is 3.84. The third kappa shape index (κ3) is 3.16. The van der Waals surface area contributed by atoms with Crippen LogP contribution < -0.4 is 4.74 Å². The second kappa shape index (κ2) is 6.98. The lowest BCUT2D eigenvalue weighted by atomic mass is 10.1. The number of pyridine rings is 2. The Bertz CT molecular complexity index is 817. The molecule has 0 radical (unpaired) electrons. The maximum atomic E-state index is 9.79. The highest BCUT2D eigenvalue weighted by molar-refractivity contribution is 6.29. The summed E-state index contributed by atoms with van der Waals surface area (Å²) in [5.74, 6) is 0.626. The minimum Gasteiger partial charge on any atom is -0.491 e. The second-order valence-electron chi connectivity index (χ2n) is 5.20. The summed E-state index contributed by atoms with van der Waals surface area (Å²) in [5.41, 5.74) is 2.70. The quantitative estimate of drug-likeness (QED) is 0.552. The Morgan fingerprint density at radius 3 is 2.87 bits per heavy atom. The van der Waals surface area contributed by atoms with Crippen LogP contribution in [0.25, 0.3) is 16.9 Å². The van der Waals surface area contributed by atoms with Gasteiger partial charge in [0.25, 0.3) is 0 Å². The van der Waals surface area contributed by atoms with Crippen molar-refractivity contribution in [3.05, 3.63) is 47.2 Å². The summed E-state index contributed by atoms with van der Waals surface area (Å²) >= 11 is 6.06. The van der Waals surface area contributed by atoms with E-state index in [0.717, 1.165) is 18.4 Å². The van der Waals surface area contributed by atoms with Gasteiger partial charge in [0.15, 0.2) is 0 Å². The molecule has 23 heavy (non-hydrogen) atoms. The van der Waals surface area contributed by atoms with E-state index in [0.29, 0.717) is 34.5 Å². The van der Waals surface area contributed by atoms with Crippen LogP contribution in [0.4, 0.5) is 0 Å². The van der Waals surface area contributed by atoms with Gasteiger partial charge in [0.2, 0.25) is 0 Å². The maximum Gasteiger partial charge on any atom is 0.147 e. The lowest BCUT2D eigenvalue weighted by Gasteiger charge is -2.10. The number of rotatable bonds is 6. The third-order valence-electron chi connectivity index (χ3n) is 3.60. The van der Waals surface area contributed by atoms with Crippen LogP contribution in [0.2, 0.25) is 5.15 Å². The molecule has 1 N–H and O–H groups in total. The summed E-state index contributed by atoms with van der Waals surface area (Å²) in [6.45, 7) is 2.58. The first-order valence-electron chi connectivity index (χ1n) is 7.61. The standard InChI is InChI=1S/C17H18ClN3O2/c1-2-3-10-23-14-7-8-15(18)19-17(14)16-12(11-22)13-6-4-5-9-21(13)20-16/h4-9,22H,2-3,10-11H2,1H3. The van der Waals surface area contributed by atoms with E-state index in [2.05, 4.69) is 17.0 Å². The van der Waals surface area contributed by atoms with Gasteiger partial charge in [0.1, 0.15) is 22.3 Å². The van der Waals surface area contributed by atoms with E-state index < -0.39 is 0 Å². The van der Waals surface area contributed by atoms with Gasteiger partial charge < -0.3 is 9.84 Å². The van der Waals surface area contributed by atoms with E-state index in [4.69, 9.17) is 16.3 Å². The number of nitrogens with zero attached hydrogens (tertiary/aromatic N) is 3. The molecule has 5 nitrogen and oxygen atoms in total. The van der Waals surface area contributed by atoms with Gasteiger partial charge in [-0.05, 0) is 30.7 Å². The number of ether oxygens (including phenoxy) is 1. The van der Waals surface area contributed by atoms with Gasteiger partial charge in [-0.1, -0.05) is 31.0 Å². The molecule has 0 spiro atoms. The smallest absolute Gasteiger partial charge is 0.147 e. The van der Waals surface area contributed by atoms with E-state index in [1.54, 1.807) is 16.6 Å². The second-order valence-corrected chi connectivity index (χ2v) is 5.59. The van der Waals surface area contributed by atoms with E-state index in [1.165, 1.54) is 0 Å². The Morgan fingerprint density at radius 1 is 1.22 bits per heavy atom. The van der Waals surface area contributed by atoms with E-state index in [1.807, 2.05) is 24.4 Å². The van der Waals surface area contributed by atoms with Crippen LogP contribution in [0, 0.1) is 0 Å². The van der Waals surface area contributed by atoms with Gasteiger partial charge in [-0.3, -0.25) is 0 Å². The Hall–Kier alpha value is -2.11. The molecule has 0 unspecified atom stereocenters. The van der Waals surface area contributed by atoms with Crippen LogP contribution in [0.3, 0.4) is 0 Å². The molecule has 3 rings (SSSR count). The Labute approximate surface area is 139 Å². The molecule has 0 bridgehead atoms. The van der Waals surface area contributed by atoms with Crippen LogP contribution in [0.1, 0.15) is 25.3 Å². The summed E-state index contributed by atoms with van der Waals surface area (Å²) in [4.78, 5) is 4.38. The van der Waals surface area contributed by atoms with Crippen LogP contribution >= 0.6 is 11.6 Å². The number of halogens is 1. The Morgan fingerprint density at radius 2 is 2.09 bits per heavy atom. The number of hydrogen-bond acceptors (Lipinski definition) is 4. The van der Waals surface area contributed by atoms with E-state index in [-0.39, 0.29) is 6.61 Å². The maximum absolute atomic E-state index is 9.79. The fourth-order valence-corrected chi connectivity index (χ4v) is 2.58. The molecular weight excluding hydrogens is 314 g/mol. The van der Waals surface area contributed by atoms with Crippen molar-refractivity contribution in [2.45, 2.75) is 26.4 Å². The zero-order valence-corrected chi connectivity index (χ0v) is 13.6. The first-order chi connectivity index (χ1) is 11.2. The molecule has 0 fully saturated rings. The molecule has 3 heterocycles. The topological polar surface area (TPSA) is 59.7 Å². The van der Waals surface area contributed by atoms with E-state index in [9.17, 15) is 5.11 Å². The molecule has 120 valence electrons. The summed E-state index contributed by atoms with van der Waals surface area (Å²) in [6, 6.07) is 9.19. The number of unbranched alkanes of at least 4 members (excludes halogenated alkanes) is 1. The normalized spacial score (nSPS) is 11.1. The Kier molecular flexibility index (Phi) is 4.79.